The SMILES string of the molecule is CCN(CC)S(=O)(=O)c1ccc(O)c(NC(=O)c2ccc(OC)c(F)c2)c1. The second kappa shape index (κ2) is 8.36. The Labute approximate surface area is 157 Å². The Hall–Kier alpha value is -2.65. The van der Waals surface area contributed by atoms with Crippen LogP contribution in [0.15, 0.2) is 41.3 Å². The second-order valence-electron chi connectivity index (χ2n) is 5.57. The van der Waals surface area contributed by atoms with Gasteiger partial charge < -0.3 is 15.2 Å². The molecule has 0 aliphatic heterocycles. The number of benzene rings is 2. The number of phenolic OH excluding ortho intramolecular Hbond substituents is 1. The van der Waals surface area contributed by atoms with E-state index in [1.165, 1.54) is 41.7 Å². The van der Waals surface area contributed by atoms with Crippen molar-refractivity contribution in [1.29, 1.82) is 0 Å². The molecule has 0 aliphatic carbocycles. The highest BCUT2D eigenvalue weighted by molar-refractivity contribution is 7.89. The number of ether oxygens (including phenoxy) is 1. The van der Waals surface area contributed by atoms with Crippen molar-refractivity contribution in [3.63, 3.8) is 0 Å². The van der Waals surface area contributed by atoms with Crippen LogP contribution in [-0.4, -0.2) is 43.9 Å². The first-order chi connectivity index (χ1) is 12.7. The molecular formula is C18H21FN2O5S. The molecule has 2 aromatic carbocycles. The molecule has 0 saturated carbocycles. The highest BCUT2D eigenvalue weighted by Crippen LogP contribution is 2.29. The van der Waals surface area contributed by atoms with Crippen LogP contribution in [0.5, 0.6) is 11.5 Å². The number of nitrogens with one attached hydrogen (secondary N) is 1. The number of sulfonamides is 1. The van der Waals surface area contributed by atoms with Gasteiger partial charge >= 0.3 is 0 Å². The van der Waals surface area contributed by atoms with E-state index in [2.05, 4.69) is 5.32 Å². The summed E-state index contributed by atoms with van der Waals surface area (Å²) < 4.78 is 45.0. The van der Waals surface area contributed by atoms with Crippen molar-refractivity contribution in [2.75, 3.05) is 25.5 Å². The number of phenols is 1. The van der Waals surface area contributed by atoms with Crippen molar-refractivity contribution < 1.29 is 27.4 Å². The first-order valence-corrected chi connectivity index (χ1v) is 9.66. The molecule has 9 heteroatoms. The van der Waals surface area contributed by atoms with Gasteiger partial charge in [-0.1, -0.05) is 13.8 Å². The molecule has 2 rings (SSSR count). The van der Waals surface area contributed by atoms with Gasteiger partial charge in [-0.25, -0.2) is 12.8 Å². The zero-order chi connectivity index (χ0) is 20.2. The zero-order valence-corrected chi connectivity index (χ0v) is 16.0. The third-order valence-corrected chi connectivity index (χ3v) is 6.02. The van der Waals surface area contributed by atoms with Gasteiger partial charge in [-0.05, 0) is 36.4 Å². The lowest BCUT2D eigenvalue weighted by Crippen LogP contribution is -2.30. The van der Waals surface area contributed by atoms with E-state index < -0.39 is 21.7 Å². The fraction of sp³-hybridized carbons (Fsp3) is 0.278. The number of hydrogen-bond acceptors (Lipinski definition) is 5. The van der Waals surface area contributed by atoms with E-state index in [-0.39, 0.29) is 40.7 Å². The predicted molar refractivity (Wildman–Crippen MR) is 99.1 cm³/mol. The normalized spacial score (nSPS) is 11.4. The van der Waals surface area contributed by atoms with E-state index in [0.717, 1.165) is 6.07 Å². The van der Waals surface area contributed by atoms with Crippen molar-refractivity contribution >= 4 is 21.6 Å². The molecule has 1 amide bonds. The molecule has 27 heavy (non-hydrogen) atoms. The van der Waals surface area contributed by atoms with Gasteiger partial charge in [-0.2, -0.15) is 4.31 Å². The summed E-state index contributed by atoms with van der Waals surface area (Å²) >= 11 is 0. The maximum absolute atomic E-state index is 13.8. The molecule has 0 aromatic heterocycles. The number of anilines is 1. The van der Waals surface area contributed by atoms with Crippen LogP contribution in [0.3, 0.4) is 0 Å². The fourth-order valence-electron chi connectivity index (χ4n) is 2.49. The number of halogens is 1. The number of hydrogen-bond donors (Lipinski definition) is 2. The Morgan fingerprint density at radius 3 is 2.41 bits per heavy atom. The van der Waals surface area contributed by atoms with Gasteiger partial charge in [0, 0.05) is 18.7 Å². The van der Waals surface area contributed by atoms with Gasteiger partial charge in [-0.15, -0.1) is 0 Å². The molecular weight excluding hydrogens is 375 g/mol. The number of rotatable bonds is 7. The van der Waals surface area contributed by atoms with E-state index in [0.29, 0.717) is 0 Å². The van der Waals surface area contributed by atoms with E-state index in [9.17, 15) is 22.7 Å². The maximum atomic E-state index is 13.8. The van der Waals surface area contributed by atoms with E-state index in [1.807, 2.05) is 0 Å². The second-order valence-corrected chi connectivity index (χ2v) is 7.51. The van der Waals surface area contributed by atoms with E-state index in [4.69, 9.17) is 4.74 Å². The molecule has 146 valence electrons. The van der Waals surface area contributed by atoms with Crippen LogP contribution in [0.2, 0.25) is 0 Å². The van der Waals surface area contributed by atoms with Crippen LogP contribution in [0.4, 0.5) is 10.1 Å². The van der Waals surface area contributed by atoms with Crippen molar-refractivity contribution in [2.45, 2.75) is 18.7 Å². The van der Waals surface area contributed by atoms with Crippen molar-refractivity contribution in [3.05, 3.63) is 47.8 Å². The predicted octanol–water partition coefficient (Wildman–Crippen LogP) is 2.82. The van der Waals surface area contributed by atoms with Gasteiger partial charge in [0.2, 0.25) is 10.0 Å². The molecule has 2 aromatic rings. The first kappa shape index (κ1) is 20.7. The van der Waals surface area contributed by atoms with Crippen LogP contribution < -0.4 is 10.1 Å². The van der Waals surface area contributed by atoms with Crippen LogP contribution in [0.25, 0.3) is 0 Å². The van der Waals surface area contributed by atoms with E-state index >= 15 is 0 Å². The first-order valence-electron chi connectivity index (χ1n) is 8.22. The Balaban J connectivity index is 2.34. The minimum absolute atomic E-state index is 0.00953. The molecule has 0 aliphatic rings. The molecule has 0 atom stereocenters. The van der Waals surface area contributed by atoms with Crippen LogP contribution >= 0.6 is 0 Å². The summed E-state index contributed by atoms with van der Waals surface area (Å²) in [4.78, 5) is 12.3. The van der Waals surface area contributed by atoms with Crippen LogP contribution in [-0.2, 0) is 10.0 Å². The van der Waals surface area contributed by atoms with Crippen LogP contribution in [0, 0.1) is 5.82 Å². The standard InChI is InChI=1S/C18H21FN2O5S/c1-4-21(5-2)27(24,25)13-7-8-16(22)15(11-13)20-18(23)12-6-9-17(26-3)14(19)10-12/h6-11,22H,4-5H2,1-3H3,(H,20,23). The lowest BCUT2D eigenvalue weighted by molar-refractivity contribution is 0.102. The Morgan fingerprint density at radius 2 is 1.85 bits per heavy atom. The number of nitrogens with zero attached hydrogens (tertiary/aromatic N) is 1. The molecule has 2 N–H and O–H groups in total. The maximum Gasteiger partial charge on any atom is 0.255 e. The summed E-state index contributed by atoms with van der Waals surface area (Å²) in [5, 5.41) is 12.4. The molecule has 7 nitrogen and oxygen atoms in total. The highest BCUT2D eigenvalue weighted by Gasteiger charge is 2.23. The Bertz CT molecular complexity index is 943. The lowest BCUT2D eigenvalue weighted by atomic mass is 10.2. The zero-order valence-electron chi connectivity index (χ0n) is 15.2. The average Bonchev–Trinajstić information content (AvgIpc) is 2.64. The van der Waals surface area contributed by atoms with Gasteiger partial charge in [0.15, 0.2) is 11.6 Å². The fourth-order valence-corrected chi connectivity index (χ4v) is 3.98. The molecule has 0 heterocycles. The van der Waals surface area contributed by atoms with Crippen molar-refractivity contribution in [2.24, 2.45) is 0 Å². The molecule has 0 saturated heterocycles. The summed E-state index contributed by atoms with van der Waals surface area (Å²) in [6, 6.07) is 7.24. The Morgan fingerprint density at radius 1 is 1.19 bits per heavy atom. The summed E-state index contributed by atoms with van der Waals surface area (Å²) in [5.74, 6) is -1.74. The smallest absolute Gasteiger partial charge is 0.255 e. The van der Waals surface area contributed by atoms with E-state index in [1.54, 1.807) is 13.8 Å². The summed E-state index contributed by atoms with van der Waals surface area (Å²) in [7, 11) is -2.46. The topological polar surface area (TPSA) is 95.9 Å². The molecule has 0 unspecified atom stereocenters. The molecule has 0 radical (unpaired) electrons. The van der Waals surface area contributed by atoms with Gasteiger partial charge in [0.25, 0.3) is 5.91 Å². The highest BCUT2D eigenvalue weighted by atomic mass is 32.2. The third-order valence-electron chi connectivity index (χ3n) is 3.97. The molecule has 0 spiro atoms. The Kier molecular flexibility index (Phi) is 6.40. The van der Waals surface area contributed by atoms with Crippen molar-refractivity contribution in [1.82, 2.24) is 4.31 Å². The number of aromatic hydroxyl groups is 1. The van der Waals surface area contributed by atoms with Crippen LogP contribution in [0.1, 0.15) is 24.2 Å². The quantitative estimate of drug-likeness (QED) is 0.702. The summed E-state index contributed by atoms with van der Waals surface area (Å²) in [6.45, 7) is 3.99. The summed E-state index contributed by atoms with van der Waals surface area (Å²) in [5.41, 5.74) is -0.103. The number of carbonyl (C=O) groups is 1. The van der Waals surface area contributed by atoms with Gasteiger partial charge in [-0.3, -0.25) is 4.79 Å². The number of carbonyl (C=O) groups excluding carboxylic acids is 1. The average molecular weight is 396 g/mol. The number of methoxy groups -OCH3 is 1. The lowest BCUT2D eigenvalue weighted by Gasteiger charge is -2.19. The summed E-state index contributed by atoms with van der Waals surface area (Å²) in [6.07, 6.45) is 0. The minimum atomic E-state index is -3.76. The van der Waals surface area contributed by atoms with Gasteiger partial charge in [0.1, 0.15) is 5.75 Å². The number of amides is 1. The molecule has 0 bridgehead atoms. The monoisotopic (exact) mass is 396 g/mol. The molecule has 0 fully saturated rings. The van der Waals surface area contributed by atoms with Crippen molar-refractivity contribution in [3.8, 4) is 11.5 Å². The largest absolute Gasteiger partial charge is 0.506 e. The minimum Gasteiger partial charge on any atom is -0.506 e. The van der Waals surface area contributed by atoms with Gasteiger partial charge in [0.05, 0.1) is 17.7 Å². The third kappa shape index (κ3) is 4.37.